The van der Waals surface area contributed by atoms with Gasteiger partial charge in [-0.05, 0) is 33.4 Å². The van der Waals surface area contributed by atoms with Gasteiger partial charge in [0, 0.05) is 25.3 Å². The summed E-state index contributed by atoms with van der Waals surface area (Å²) in [6, 6.07) is 2.50. The number of ether oxygens (including phenoxy) is 1. The maximum Gasteiger partial charge on any atom is 0.226 e. The lowest BCUT2D eigenvalue weighted by Crippen LogP contribution is -2.30. The van der Waals surface area contributed by atoms with Crippen molar-refractivity contribution in [1.82, 2.24) is 15.3 Å². The third-order valence-corrected chi connectivity index (χ3v) is 3.21. The zero-order valence-electron chi connectivity index (χ0n) is 11.9. The van der Waals surface area contributed by atoms with Gasteiger partial charge < -0.3 is 20.3 Å². The third-order valence-electron chi connectivity index (χ3n) is 3.21. The van der Waals surface area contributed by atoms with Gasteiger partial charge in [0.1, 0.15) is 12.5 Å². The van der Waals surface area contributed by atoms with E-state index >= 15 is 0 Å². The normalized spacial score (nSPS) is 19.2. The molecule has 6 heteroatoms. The van der Waals surface area contributed by atoms with Gasteiger partial charge >= 0.3 is 0 Å². The lowest BCUT2D eigenvalue weighted by Gasteiger charge is -2.18. The van der Waals surface area contributed by atoms with Crippen molar-refractivity contribution in [3.8, 4) is 0 Å². The van der Waals surface area contributed by atoms with Gasteiger partial charge in [-0.25, -0.2) is 4.98 Å². The highest BCUT2D eigenvalue weighted by molar-refractivity contribution is 5.43. The van der Waals surface area contributed by atoms with Crippen molar-refractivity contribution in [2.75, 3.05) is 37.1 Å². The molecule has 1 aliphatic heterocycles. The van der Waals surface area contributed by atoms with E-state index in [-0.39, 0.29) is 6.10 Å². The molecule has 2 heterocycles. The van der Waals surface area contributed by atoms with Gasteiger partial charge in [-0.2, -0.15) is 4.98 Å². The lowest BCUT2D eigenvalue weighted by atomic mass is 10.3. The quantitative estimate of drug-likeness (QED) is 0.750. The zero-order valence-corrected chi connectivity index (χ0v) is 11.9. The first-order chi connectivity index (χ1) is 9.19. The van der Waals surface area contributed by atoms with Crippen molar-refractivity contribution < 1.29 is 4.74 Å². The van der Waals surface area contributed by atoms with E-state index < -0.39 is 0 Å². The standard InChI is InChI=1S/C13H23N5O/c1-10(2)19-9-16-13-15-6-4-12(17-13)18-7-5-11(8-18)14-3/h4,6,10-11,14H,5,7-9H2,1-3H3,(H,15,16,17). The van der Waals surface area contributed by atoms with Gasteiger partial charge in [-0.3, -0.25) is 0 Å². The van der Waals surface area contributed by atoms with Crippen LogP contribution >= 0.6 is 0 Å². The van der Waals surface area contributed by atoms with E-state index in [2.05, 4.69) is 25.5 Å². The monoisotopic (exact) mass is 265 g/mol. The number of nitrogens with zero attached hydrogens (tertiary/aromatic N) is 3. The Morgan fingerprint density at radius 2 is 2.37 bits per heavy atom. The van der Waals surface area contributed by atoms with Crippen LogP contribution in [0.25, 0.3) is 0 Å². The molecule has 0 aliphatic carbocycles. The van der Waals surface area contributed by atoms with E-state index in [1.807, 2.05) is 27.0 Å². The summed E-state index contributed by atoms with van der Waals surface area (Å²) in [7, 11) is 2.00. The molecule has 1 fully saturated rings. The van der Waals surface area contributed by atoms with E-state index in [9.17, 15) is 0 Å². The Balaban J connectivity index is 1.92. The molecule has 1 aromatic heterocycles. The minimum Gasteiger partial charge on any atom is -0.359 e. The Kier molecular flexibility index (Phi) is 4.93. The van der Waals surface area contributed by atoms with Crippen LogP contribution in [0.3, 0.4) is 0 Å². The van der Waals surface area contributed by atoms with E-state index in [4.69, 9.17) is 4.74 Å². The molecule has 0 aromatic carbocycles. The summed E-state index contributed by atoms with van der Waals surface area (Å²) in [5.74, 6) is 1.59. The van der Waals surface area contributed by atoms with Gasteiger partial charge in [0.05, 0.1) is 6.10 Å². The van der Waals surface area contributed by atoms with Crippen LogP contribution in [-0.2, 0) is 4.74 Å². The van der Waals surface area contributed by atoms with Gasteiger partial charge in [-0.15, -0.1) is 0 Å². The molecule has 1 aromatic rings. The fourth-order valence-corrected chi connectivity index (χ4v) is 2.09. The van der Waals surface area contributed by atoms with Crippen LogP contribution in [0.15, 0.2) is 12.3 Å². The predicted octanol–water partition coefficient (Wildman–Crippen LogP) is 1.07. The number of rotatable bonds is 6. The van der Waals surface area contributed by atoms with Crippen molar-refractivity contribution in [3.05, 3.63) is 12.3 Å². The number of nitrogens with one attached hydrogen (secondary N) is 2. The van der Waals surface area contributed by atoms with Gasteiger partial charge in [0.2, 0.25) is 5.95 Å². The number of hydrogen-bond acceptors (Lipinski definition) is 6. The van der Waals surface area contributed by atoms with Crippen molar-refractivity contribution in [3.63, 3.8) is 0 Å². The van der Waals surface area contributed by atoms with Crippen LogP contribution in [-0.4, -0.2) is 49.0 Å². The summed E-state index contributed by atoms with van der Waals surface area (Å²) in [6.45, 7) is 6.46. The molecular formula is C13H23N5O. The van der Waals surface area contributed by atoms with Gasteiger partial charge in [-0.1, -0.05) is 0 Å². The Labute approximate surface area is 114 Å². The maximum absolute atomic E-state index is 5.43. The van der Waals surface area contributed by atoms with Crippen LogP contribution < -0.4 is 15.5 Å². The van der Waals surface area contributed by atoms with Crippen LogP contribution in [0.4, 0.5) is 11.8 Å². The highest BCUT2D eigenvalue weighted by Crippen LogP contribution is 2.18. The first-order valence-electron chi connectivity index (χ1n) is 6.79. The largest absolute Gasteiger partial charge is 0.359 e. The average molecular weight is 265 g/mol. The number of aromatic nitrogens is 2. The summed E-state index contributed by atoms with van der Waals surface area (Å²) in [4.78, 5) is 11.0. The highest BCUT2D eigenvalue weighted by atomic mass is 16.5. The molecular weight excluding hydrogens is 242 g/mol. The zero-order chi connectivity index (χ0) is 13.7. The molecule has 106 valence electrons. The molecule has 1 unspecified atom stereocenters. The van der Waals surface area contributed by atoms with Crippen LogP contribution in [0.5, 0.6) is 0 Å². The Bertz CT molecular complexity index is 398. The summed E-state index contributed by atoms with van der Waals surface area (Å²) in [5.41, 5.74) is 0. The molecule has 0 radical (unpaired) electrons. The van der Waals surface area contributed by atoms with Crippen LogP contribution in [0.2, 0.25) is 0 Å². The molecule has 1 atom stereocenters. The minimum atomic E-state index is 0.200. The molecule has 0 saturated carbocycles. The van der Waals surface area contributed by atoms with Crippen molar-refractivity contribution in [2.45, 2.75) is 32.4 Å². The molecule has 19 heavy (non-hydrogen) atoms. The fraction of sp³-hybridized carbons (Fsp3) is 0.692. The van der Waals surface area contributed by atoms with Crippen LogP contribution in [0.1, 0.15) is 20.3 Å². The van der Waals surface area contributed by atoms with Crippen LogP contribution in [0, 0.1) is 0 Å². The molecule has 1 saturated heterocycles. The summed E-state index contributed by atoms with van der Waals surface area (Å²) >= 11 is 0. The van der Waals surface area contributed by atoms with Crippen molar-refractivity contribution in [2.24, 2.45) is 0 Å². The van der Waals surface area contributed by atoms with E-state index in [1.54, 1.807) is 6.20 Å². The predicted molar refractivity (Wildman–Crippen MR) is 76.4 cm³/mol. The number of likely N-dealkylation sites (N-methyl/N-ethyl adjacent to an activating group) is 1. The Hall–Kier alpha value is -1.40. The molecule has 2 N–H and O–H groups in total. The van der Waals surface area contributed by atoms with Crippen molar-refractivity contribution in [1.29, 1.82) is 0 Å². The molecule has 1 aliphatic rings. The molecule has 0 bridgehead atoms. The van der Waals surface area contributed by atoms with Gasteiger partial charge in [0.25, 0.3) is 0 Å². The second kappa shape index (κ2) is 6.68. The molecule has 0 amide bonds. The Morgan fingerprint density at radius 1 is 1.53 bits per heavy atom. The van der Waals surface area contributed by atoms with Crippen molar-refractivity contribution >= 4 is 11.8 Å². The summed E-state index contributed by atoms with van der Waals surface area (Å²) < 4.78 is 5.43. The molecule has 6 nitrogen and oxygen atoms in total. The SMILES string of the molecule is CNC1CCN(c2ccnc(NCOC(C)C)n2)C1. The van der Waals surface area contributed by atoms with E-state index in [0.717, 1.165) is 25.3 Å². The molecule has 2 rings (SSSR count). The Morgan fingerprint density at radius 3 is 3.05 bits per heavy atom. The average Bonchev–Trinajstić information content (AvgIpc) is 2.87. The first kappa shape index (κ1) is 14.0. The lowest BCUT2D eigenvalue weighted by molar-refractivity contribution is 0.0935. The number of anilines is 2. The first-order valence-corrected chi connectivity index (χ1v) is 6.79. The summed E-state index contributed by atoms with van der Waals surface area (Å²) in [5, 5.41) is 6.38. The minimum absolute atomic E-state index is 0.200. The maximum atomic E-state index is 5.43. The van der Waals surface area contributed by atoms with E-state index in [1.165, 1.54) is 0 Å². The second-order valence-electron chi connectivity index (χ2n) is 5.00. The number of hydrogen-bond donors (Lipinski definition) is 2. The second-order valence-corrected chi connectivity index (χ2v) is 5.00. The highest BCUT2D eigenvalue weighted by Gasteiger charge is 2.22. The third kappa shape index (κ3) is 4.04. The smallest absolute Gasteiger partial charge is 0.226 e. The summed E-state index contributed by atoms with van der Waals surface area (Å²) in [6.07, 6.45) is 3.14. The van der Waals surface area contributed by atoms with Gasteiger partial charge in [0.15, 0.2) is 0 Å². The topological polar surface area (TPSA) is 62.3 Å². The molecule has 0 spiro atoms. The van der Waals surface area contributed by atoms with E-state index in [0.29, 0.717) is 18.7 Å². The fourth-order valence-electron chi connectivity index (χ4n) is 2.09.